The fourth-order valence-electron chi connectivity index (χ4n) is 3.40. The fraction of sp³-hybridized carbons (Fsp3) is 0.310. The largest absolute Gasteiger partial charge is 0.494 e. The van der Waals surface area contributed by atoms with Gasteiger partial charge in [0.05, 0.1) is 18.8 Å². The Labute approximate surface area is 211 Å². The van der Waals surface area contributed by atoms with E-state index in [-0.39, 0.29) is 0 Å². The van der Waals surface area contributed by atoms with Crippen molar-refractivity contribution < 1.29 is 33.6 Å². The van der Waals surface area contributed by atoms with Crippen LogP contribution in [0.1, 0.15) is 60.4 Å². The monoisotopic (exact) mass is 492 g/mol. The molecule has 0 saturated heterocycles. The predicted octanol–water partition coefficient (Wildman–Crippen LogP) is 5.56. The first kappa shape index (κ1) is 26.8. The number of unbranched alkanes of at least 4 members (excludes halogenated alkanes) is 1. The summed E-state index contributed by atoms with van der Waals surface area (Å²) in [6.07, 6.45) is 6.84. The Hall–Kier alpha value is -3.84. The van der Waals surface area contributed by atoms with Crippen LogP contribution in [0, 0.1) is 0 Å². The van der Waals surface area contributed by atoms with Gasteiger partial charge in [0, 0.05) is 24.5 Å². The molecule has 0 bridgehead atoms. The van der Waals surface area contributed by atoms with Crippen LogP contribution in [0.2, 0.25) is 0 Å². The zero-order chi connectivity index (χ0) is 25.8. The molecule has 1 unspecified atom stereocenters. The van der Waals surface area contributed by atoms with Gasteiger partial charge in [0.1, 0.15) is 17.3 Å². The van der Waals surface area contributed by atoms with Crippen molar-refractivity contribution in [2.45, 2.75) is 45.3 Å². The summed E-state index contributed by atoms with van der Waals surface area (Å²) in [5, 5.41) is 10.3. The number of carbonyl (C=O) groups is 2. The smallest absolute Gasteiger partial charge is 0.343 e. The van der Waals surface area contributed by atoms with E-state index in [9.17, 15) is 14.7 Å². The van der Waals surface area contributed by atoms with Crippen LogP contribution in [0.5, 0.6) is 5.75 Å². The van der Waals surface area contributed by atoms with Crippen molar-refractivity contribution in [3.05, 3.63) is 102 Å². The number of ether oxygens (including phenoxy) is 4. The maximum absolute atomic E-state index is 12.5. The molecule has 0 aromatic heterocycles. The number of carbonyl (C=O) groups excluding carboxylic acids is 2. The second-order valence-electron chi connectivity index (χ2n) is 8.17. The summed E-state index contributed by atoms with van der Waals surface area (Å²) in [6.45, 7) is 6.21. The fourth-order valence-corrected chi connectivity index (χ4v) is 3.40. The second kappa shape index (κ2) is 13.9. The van der Waals surface area contributed by atoms with E-state index < -0.39 is 18.2 Å². The molecule has 0 aliphatic heterocycles. The van der Waals surface area contributed by atoms with Crippen molar-refractivity contribution >= 4 is 11.9 Å². The highest BCUT2D eigenvalue weighted by atomic mass is 16.6. The molecule has 1 aliphatic carbocycles. The Morgan fingerprint density at radius 2 is 1.64 bits per heavy atom. The highest BCUT2D eigenvalue weighted by Crippen LogP contribution is 2.26. The van der Waals surface area contributed by atoms with Crippen molar-refractivity contribution in [2.75, 3.05) is 13.2 Å². The predicted molar refractivity (Wildman–Crippen MR) is 135 cm³/mol. The van der Waals surface area contributed by atoms with Gasteiger partial charge in [-0.1, -0.05) is 37.8 Å². The third-order valence-corrected chi connectivity index (χ3v) is 5.54. The first-order valence-electron chi connectivity index (χ1n) is 12.1. The number of hydrogen-bond donors (Lipinski definition) is 1. The van der Waals surface area contributed by atoms with E-state index >= 15 is 0 Å². The third kappa shape index (κ3) is 8.43. The lowest BCUT2D eigenvalue weighted by Crippen LogP contribution is -2.09. The first-order chi connectivity index (χ1) is 17.5. The number of aryl methyl sites for hydroxylation is 1. The van der Waals surface area contributed by atoms with Crippen LogP contribution in [0.25, 0.3) is 0 Å². The van der Waals surface area contributed by atoms with Crippen LogP contribution in [0.15, 0.2) is 84.9 Å². The van der Waals surface area contributed by atoms with Crippen molar-refractivity contribution in [1.82, 2.24) is 0 Å². The molecule has 0 heterocycles. The summed E-state index contributed by atoms with van der Waals surface area (Å²) in [5.41, 5.74) is 2.30. The summed E-state index contributed by atoms with van der Waals surface area (Å²) in [5.74, 6) is 0.915. The quantitative estimate of drug-likeness (QED) is 0.169. The lowest BCUT2D eigenvalue weighted by Gasteiger charge is -2.19. The van der Waals surface area contributed by atoms with Gasteiger partial charge in [-0.2, -0.15) is 0 Å². The van der Waals surface area contributed by atoms with E-state index in [2.05, 4.69) is 13.5 Å². The summed E-state index contributed by atoms with van der Waals surface area (Å²) in [4.78, 5) is 23.5. The van der Waals surface area contributed by atoms with Gasteiger partial charge in [0.25, 0.3) is 0 Å². The van der Waals surface area contributed by atoms with E-state index in [0.717, 1.165) is 18.9 Å². The number of allylic oxidation sites excluding steroid dienone is 4. The zero-order valence-corrected chi connectivity index (χ0v) is 20.5. The normalized spacial score (nSPS) is 13.6. The van der Waals surface area contributed by atoms with Crippen LogP contribution >= 0.6 is 0 Å². The van der Waals surface area contributed by atoms with Gasteiger partial charge in [-0.15, -0.1) is 0 Å². The maximum Gasteiger partial charge on any atom is 0.343 e. The molecule has 0 amide bonds. The Morgan fingerprint density at radius 1 is 0.972 bits per heavy atom. The maximum atomic E-state index is 12.5. The van der Waals surface area contributed by atoms with Crippen LogP contribution in [-0.2, 0) is 25.4 Å². The van der Waals surface area contributed by atoms with Crippen molar-refractivity contribution in [3.8, 4) is 5.75 Å². The van der Waals surface area contributed by atoms with Crippen molar-refractivity contribution in [3.63, 3.8) is 0 Å². The van der Waals surface area contributed by atoms with E-state index in [1.807, 2.05) is 24.3 Å². The van der Waals surface area contributed by atoms with Gasteiger partial charge >= 0.3 is 11.9 Å². The molecule has 1 aliphatic rings. The highest BCUT2D eigenvalue weighted by Gasteiger charge is 2.17. The van der Waals surface area contributed by atoms with Gasteiger partial charge in [-0.3, -0.25) is 0 Å². The van der Waals surface area contributed by atoms with Crippen molar-refractivity contribution in [2.24, 2.45) is 0 Å². The van der Waals surface area contributed by atoms with Gasteiger partial charge in [0.2, 0.25) is 6.29 Å². The molecule has 2 aromatic carbocycles. The van der Waals surface area contributed by atoms with E-state index in [4.69, 9.17) is 18.9 Å². The minimum Gasteiger partial charge on any atom is -0.494 e. The lowest BCUT2D eigenvalue weighted by atomic mass is 10.1. The van der Waals surface area contributed by atoms with Crippen LogP contribution in [0.4, 0.5) is 0 Å². The number of hydrogen-bond acceptors (Lipinski definition) is 7. The second-order valence-corrected chi connectivity index (χ2v) is 8.17. The van der Waals surface area contributed by atoms with Gasteiger partial charge in [-0.05, 0) is 61.2 Å². The molecule has 7 heteroatoms. The van der Waals surface area contributed by atoms with Crippen LogP contribution in [-0.4, -0.2) is 30.3 Å². The van der Waals surface area contributed by atoms with Crippen molar-refractivity contribution in [1.29, 1.82) is 0 Å². The Morgan fingerprint density at radius 3 is 2.28 bits per heavy atom. The van der Waals surface area contributed by atoms with Crippen LogP contribution < -0.4 is 4.74 Å². The van der Waals surface area contributed by atoms with Gasteiger partial charge in [0.15, 0.2) is 0 Å². The van der Waals surface area contributed by atoms with Crippen LogP contribution in [0.3, 0.4) is 0 Å². The third-order valence-electron chi connectivity index (χ3n) is 5.54. The summed E-state index contributed by atoms with van der Waals surface area (Å²) in [6, 6.07) is 14.4. The average Bonchev–Trinajstić information content (AvgIpc) is 2.91. The average molecular weight is 493 g/mol. The topological polar surface area (TPSA) is 91.3 Å². The molecular weight excluding hydrogens is 460 g/mol. The Bertz CT molecular complexity index is 1080. The Balaban J connectivity index is 1.42. The summed E-state index contributed by atoms with van der Waals surface area (Å²) < 4.78 is 21.7. The number of rotatable bonds is 13. The first-order valence-corrected chi connectivity index (χ1v) is 12.1. The molecule has 1 N–H and O–H groups in total. The molecule has 190 valence electrons. The molecule has 0 radical (unpaired) electrons. The summed E-state index contributed by atoms with van der Waals surface area (Å²) in [7, 11) is 0. The molecule has 7 nitrogen and oxygen atoms in total. The minimum absolute atomic E-state index is 0.324. The molecular formula is C29H32O7. The molecule has 1 atom stereocenters. The number of aliphatic hydroxyl groups excluding tert-OH is 1. The highest BCUT2D eigenvalue weighted by molar-refractivity contribution is 5.90. The SMILES string of the molecule is C=CC(=O)OCCCCOc1ccc(C(=O)OC2=CC=C(OC(O)c3ccc(CC)cc3)CC2)cc1. The van der Waals surface area contributed by atoms with E-state index in [1.165, 1.54) is 5.56 Å². The number of benzene rings is 2. The lowest BCUT2D eigenvalue weighted by molar-refractivity contribution is -0.137. The zero-order valence-electron chi connectivity index (χ0n) is 20.5. The molecule has 0 spiro atoms. The molecule has 3 rings (SSSR count). The van der Waals surface area contributed by atoms with Gasteiger partial charge < -0.3 is 24.1 Å². The van der Waals surface area contributed by atoms with E-state index in [0.29, 0.717) is 60.9 Å². The minimum atomic E-state index is -1.05. The molecule has 2 aromatic rings. The molecule has 36 heavy (non-hydrogen) atoms. The number of esters is 2. The molecule has 0 fully saturated rings. The molecule has 0 saturated carbocycles. The summed E-state index contributed by atoms with van der Waals surface area (Å²) >= 11 is 0. The standard InChI is InChI=1S/C29H32O7/c1-3-21-7-9-22(10-8-21)28(31)35-25-15-17-26(18-16-25)36-29(32)23-11-13-24(14-12-23)33-19-5-6-20-34-27(30)4-2/h4,7-15,17,28,31H,2-3,5-6,16,18-20H2,1H3. The Kier molecular flexibility index (Phi) is 10.3. The van der Waals surface area contributed by atoms with E-state index in [1.54, 1.807) is 36.4 Å². The number of aliphatic hydroxyl groups is 1. The van der Waals surface area contributed by atoms with Gasteiger partial charge in [-0.25, -0.2) is 9.59 Å².